The molecule has 0 unspecified atom stereocenters. The molecule has 3 aromatic rings. The number of hydrogen-bond donors (Lipinski definition) is 2. The Morgan fingerprint density at radius 1 is 1.00 bits per heavy atom. The third-order valence-corrected chi connectivity index (χ3v) is 6.65. The van der Waals surface area contributed by atoms with E-state index in [2.05, 4.69) is 10.6 Å². The molecule has 7 nitrogen and oxygen atoms in total. The Morgan fingerprint density at radius 2 is 1.75 bits per heavy atom. The Hall–Kier alpha value is -4.00. The van der Waals surface area contributed by atoms with Crippen LogP contribution < -0.4 is 20.1 Å². The van der Waals surface area contributed by atoms with Gasteiger partial charge in [-0.25, -0.2) is 4.79 Å². The summed E-state index contributed by atoms with van der Waals surface area (Å²) in [4.78, 5) is 25.1. The molecule has 1 aliphatic heterocycles. The molecule has 0 saturated heterocycles. The number of ether oxygens (including phenoxy) is 3. The van der Waals surface area contributed by atoms with Crippen LogP contribution in [-0.2, 0) is 21.5 Å². The first-order chi connectivity index (χ1) is 17.3. The SMILES string of the molecule is Cc1ccc(NC(=O)C2(c3ccc4c(c3)OCO4)CC2)cc1-c1ccc(CNC(=O)OC(C)C)cc1.[HH].[HH]. The Kier molecular flexibility index (Phi) is 6.31. The molecule has 1 aliphatic carbocycles. The molecule has 0 aromatic heterocycles. The molecule has 0 spiro atoms. The normalized spacial score (nSPS) is 14.9. The van der Waals surface area contributed by atoms with E-state index in [4.69, 9.17) is 14.2 Å². The molecule has 0 bridgehead atoms. The summed E-state index contributed by atoms with van der Waals surface area (Å²) in [5.41, 5.74) is 5.34. The van der Waals surface area contributed by atoms with E-state index in [1.54, 1.807) is 0 Å². The predicted octanol–water partition coefficient (Wildman–Crippen LogP) is 6.19. The van der Waals surface area contributed by atoms with Crippen molar-refractivity contribution in [3.63, 3.8) is 0 Å². The zero-order valence-corrected chi connectivity index (χ0v) is 20.7. The molecule has 1 heterocycles. The first kappa shape index (κ1) is 23.7. The Balaban J connectivity index is 0.00000200. The Labute approximate surface area is 213 Å². The van der Waals surface area contributed by atoms with Crippen molar-refractivity contribution in [2.45, 2.75) is 51.7 Å². The second-order valence-corrected chi connectivity index (χ2v) is 9.64. The largest absolute Gasteiger partial charge is 0.454 e. The standard InChI is InChI=1S/C29H30N2O5.2H2/c1-18(2)36-28(33)30-16-20-5-7-21(8-6-20)24-15-23(10-4-19(24)3)31-27(32)29(12-13-29)22-9-11-25-26(14-22)35-17-34-25;;/h4-11,14-15,18H,12-13,16-17H2,1-3H3,(H,30,33)(H,31,32);2*1H. The van der Waals surface area contributed by atoms with E-state index in [-0.39, 0.29) is 21.7 Å². The van der Waals surface area contributed by atoms with Gasteiger partial charge in [0.25, 0.3) is 0 Å². The van der Waals surface area contributed by atoms with Crippen molar-refractivity contribution in [1.29, 1.82) is 0 Å². The average molecular weight is 491 g/mol. The zero-order chi connectivity index (χ0) is 25.3. The van der Waals surface area contributed by atoms with Crippen LogP contribution in [0.3, 0.4) is 0 Å². The van der Waals surface area contributed by atoms with Crippen LogP contribution in [0, 0.1) is 6.92 Å². The van der Waals surface area contributed by atoms with E-state index < -0.39 is 11.5 Å². The molecule has 2 amide bonds. The van der Waals surface area contributed by atoms with Crippen LogP contribution >= 0.6 is 0 Å². The summed E-state index contributed by atoms with van der Waals surface area (Å²) in [5, 5.41) is 5.89. The molecule has 190 valence electrons. The van der Waals surface area contributed by atoms with Crippen LogP contribution in [-0.4, -0.2) is 24.9 Å². The molecule has 7 heteroatoms. The number of carbonyl (C=O) groups is 2. The van der Waals surface area contributed by atoms with Gasteiger partial charge in [-0.05, 0) is 85.7 Å². The highest BCUT2D eigenvalue weighted by Crippen LogP contribution is 2.51. The molecule has 0 radical (unpaired) electrons. The van der Waals surface area contributed by atoms with Gasteiger partial charge in [0.15, 0.2) is 11.5 Å². The maximum Gasteiger partial charge on any atom is 0.407 e. The maximum atomic E-state index is 13.3. The van der Waals surface area contributed by atoms with Crippen LogP contribution in [0.2, 0.25) is 0 Å². The Morgan fingerprint density at radius 3 is 2.47 bits per heavy atom. The lowest BCUT2D eigenvalue weighted by atomic mass is 9.94. The van der Waals surface area contributed by atoms with Gasteiger partial charge < -0.3 is 24.8 Å². The number of fused-ring (bicyclic) bond motifs is 1. The number of rotatable bonds is 7. The van der Waals surface area contributed by atoms with Crippen molar-refractivity contribution in [2.24, 2.45) is 0 Å². The minimum absolute atomic E-state index is 0. The highest BCUT2D eigenvalue weighted by Gasteiger charge is 2.51. The first-order valence-electron chi connectivity index (χ1n) is 12.2. The van der Waals surface area contributed by atoms with Crippen LogP contribution in [0.5, 0.6) is 11.5 Å². The lowest BCUT2D eigenvalue weighted by Crippen LogP contribution is -2.27. The van der Waals surface area contributed by atoms with E-state index in [1.807, 2.05) is 81.4 Å². The van der Waals surface area contributed by atoms with Gasteiger partial charge >= 0.3 is 6.09 Å². The lowest BCUT2D eigenvalue weighted by molar-refractivity contribution is -0.118. The molecule has 0 atom stereocenters. The summed E-state index contributed by atoms with van der Waals surface area (Å²) in [6, 6.07) is 19.7. The third kappa shape index (κ3) is 4.87. The second kappa shape index (κ2) is 9.57. The second-order valence-electron chi connectivity index (χ2n) is 9.64. The van der Waals surface area contributed by atoms with Crippen molar-refractivity contribution in [3.05, 3.63) is 77.4 Å². The summed E-state index contributed by atoms with van der Waals surface area (Å²) < 4.78 is 16.0. The van der Waals surface area contributed by atoms with Crippen molar-refractivity contribution >= 4 is 17.7 Å². The smallest absolute Gasteiger partial charge is 0.407 e. The van der Waals surface area contributed by atoms with Gasteiger partial charge in [0.1, 0.15) is 0 Å². The number of benzene rings is 3. The quantitative estimate of drug-likeness (QED) is 0.413. The molecular weight excluding hydrogens is 456 g/mol. The molecule has 2 aliphatic rings. The third-order valence-electron chi connectivity index (χ3n) is 6.65. The van der Waals surface area contributed by atoms with E-state index in [0.29, 0.717) is 12.3 Å². The Bertz CT molecular complexity index is 1310. The first-order valence-corrected chi connectivity index (χ1v) is 12.2. The van der Waals surface area contributed by atoms with Gasteiger partial charge in [0.2, 0.25) is 12.7 Å². The summed E-state index contributed by atoms with van der Waals surface area (Å²) in [6.45, 7) is 6.28. The fourth-order valence-electron chi connectivity index (χ4n) is 4.46. The number of nitrogens with one attached hydrogen (secondary N) is 2. The van der Waals surface area contributed by atoms with Gasteiger partial charge in [-0.2, -0.15) is 0 Å². The molecule has 36 heavy (non-hydrogen) atoms. The highest BCUT2D eigenvalue weighted by atomic mass is 16.7. The number of aryl methyl sites for hydroxylation is 1. The number of alkyl carbamates (subject to hydrolysis) is 1. The van der Waals surface area contributed by atoms with Crippen LogP contribution in [0.4, 0.5) is 10.5 Å². The van der Waals surface area contributed by atoms with Gasteiger partial charge in [0, 0.05) is 15.1 Å². The highest BCUT2D eigenvalue weighted by molar-refractivity contribution is 6.02. The maximum absolute atomic E-state index is 13.3. The summed E-state index contributed by atoms with van der Waals surface area (Å²) >= 11 is 0. The molecule has 2 N–H and O–H groups in total. The van der Waals surface area contributed by atoms with Crippen molar-refractivity contribution < 1.29 is 26.7 Å². The zero-order valence-electron chi connectivity index (χ0n) is 20.7. The molecule has 1 fully saturated rings. The van der Waals surface area contributed by atoms with E-state index >= 15 is 0 Å². The van der Waals surface area contributed by atoms with Gasteiger partial charge in [-0.1, -0.05) is 36.4 Å². The van der Waals surface area contributed by atoms with Crippen molar-refractivity contribution in [1.82, 2.24) is 5.32 Å². The minimum atomic E-state index is -0.530. The van der Waals surface area contributed by atoms with Crippen LogP contribution in [0.25, 0.3) is 11.1 Å². The number of carbonyl (C=O) groups excluding carboxylic acids is 2. The topological polar surface area (TPSA) is 85.9 Å². The fourth-order valence-corrected chi connectivity index (χ4v) is 4.46. The van der Waals surface area contributed by atoms with Crippen molar-refractivity contribution in [2.75, 3.05) is 12.1 Å². The predicted molar refractivity (Wildman–Crippen MR) is 141 cm³/mol. The summed E-state index contributed by atoms with van der Waals surface area (Å²) in [6.07, 6.45) is 1.02. The van der Waals surface area contributed by atoms with E-state index in [9.17, 15) is 9.59 Å². The lowest BCUT2D eigenvalue weighted by Gasteiger charge is -2.17. The van der Waals surface area contributed by atoms with Crippen molar-refractivity contribution in [3.8, 4) is 22.6 Å². The van der Waals surface area contributed by atoms with Crippen LogP contribution in [0.1, 0.15) is 46.2 Å². The number of anilines is 1. The van der Waals surface area contributed by atoms with E-state index in [0.717, 1.165) is 52.1 Å². The fraction of sp³-hybridized carbons (Fsp3) is 0.310. The number of hydrogen-bond acceptors (Lipinski definition) is 5. The minimum Gasteiger partial charge on any atom is -0.454 e. The molecule has 1 saturated carbocycles. The molecule has 3 aromatic carbocycles. The van der Waals surface area contributed by atoms with E-state index in [1.165, 1.54) is 0 Å². The van der Waals surface area contributed by atoms with Gasteiger partial charge in [0.05, 0.1) is 11.5 Å². The van der Waals surface area contributed by atoms with Crippen LogP contribution in [0.15, 0.2) is 60.7 Å². The van der Waals surface area contributed by atoms with Gasteiger partial charge in [-0.3, -0.25) is 4.79 Å². The molecular formula is C29H34N2O5. The number of amides is 2. The average Bonchev–Trinajstić information content (AvgIpc) is 3.54. The summed E-state index contributed by atoms with van der Waals surface area (Å²) in [7, 11) is 0. The van der Waals surface area contributed by atoms with Gasteiger partial charge in [-0.15, -0.1) is 0 Å². The monoisotopic (exact) mass is 490 g/mol. The molecule has 5 rings (SSSR count). The summed E-state index contributed by atoms with van der Waals surface area (Å²) in [5.74, 6) is 1.40.